The highest BCUT2D eigenvalue weighted by molar-refractivity contribution is 5.79. The lowest BCUT2D eigenvalue weighted by molar-refractivity contribution is -0.141. The Balaban J connectivity index is 4.44. The molecule has 1 amide bonds. The number of ether oxygens (including phenoxy) is 2. The topological polar surface area (TPSA) is 81.7 Å². The first-order chi connectivity index (χ1) is 8.14. The molecule has 6 heteroatoms. The molecule has 0 rings (SSSR count). The molecule has 0 aromatic heterocycles. The average Bonchev–Trinajstić information content (AvgIpc) is 2.12. The summed E-state index contributed by atoms with van der Waals surface area (Å²) in [7, 11) is 1.25. The van der Waals surface area contributed by atoms with Gasteiger partial charge in [0.05, 0.1) is 13.5 Å². The van der Waals surface area contributed by atoms with Crippen LogP contribution in [0.25, 0.3) is 0 Å². The van der Waals surface area contributed by atoms with Gasteiger partial charge in [-0.3, -0.25) is 9.59 Å². The van der Waals surface area contributed by atoms with Gasteiger partial charge < -0.3 is 14.8 Å². The van der Waals surface area contributed by atoms with Crippen molar-refractivity contribution in [3.8, 4) is 0 Å². The first-order valence-electron chi connectivity index (χ1n) is 5.70. The van der Waals surface area contributed by atoms with Crippen LogP contribution in [0.4, 0.5) is 4.79 Å². The maximum atomic E-state index is 11.5. The van der Waals surface area contributed by atoms with Gasteiger partial charge in [-0.25, -0.2) is 4.79 Å². The maximum Gasteiger partial charge on any atom is 0.407 e. The van der Waals surface area contributed by atoms with Crippen molar-refractivity contribution in [3.05, 3.63) is 0 Å². The summed E-state index contributed by atoms with van der Waals surface area (Å²) in [6, 6.07) is -0.607. The molecule has 6 nitrogen and oxygen atoms in total. The number of ketones is 1. The number of hydrogen-bond donors (Lipinski definition) is 1. The van der Waals surface area contributed by atoms with Crippen molar-refractivity contribution in [2.24, 2.45) is 0 Å². The zero-order valence-corrected chi connectivity index (χ0v) is 11.5. The van der Waals surface area contributed by atoms with Gasteiger partial charge in [0.25, 0.3) is 0 Å². The molecule has 0 bridgehead atoms. The molecule has 0 radical (unpaired) electrons. The van der Waals surface area contributed by atoms with Crippen molar-refractivity contribution >= 4 is 17.8 Å². The number of nitrogens with one attached hydrogen (secondary N) is 1. The highest BCUT2D eigenvalue weighted by atomic mass is 16.6. The van der Waals surface area contributed by atoms with Crippen LogP contribution in [0, 0.1) is 0 Å². The Morgan fingerprint density at radius 2 is 1.72 bits per heavy atom. The van der Waals surface area contributed by atoms with Gasteiger partial charge in [-0.2, -0.15) is 0 Å². The standard InChI is InChI=1S/C12H21NO5/c1-8(14)6-9(7-10(15)17-5)13-11(16)18-12(2,3)4/h9H,6-7H2,1-5H3,(H,13,16). The molecule has 0 heterocycles. The Bertz CT molecular complexity index is 319. The fourth-order valence-corrected chi connectivity index (χ4v) is 1.28. The van der Waals surface area contributed by atoms with Crippen LogP contribution in [0.5, 0.6) is 0 Å². The lowest BCUT2D eigenvalue weighted by Crippen LogP contribution is -2.41. The molecule has 1 atom stereocenters. The van der Waals surface area contributed by atoms with Crippen LogP contribution in [0.2, 0.25) is 0 Å². The summed E-state index contributed by atoms with van der Waals surface area (Å²) >= 11 is 0. The number of methoxy groups -OCH3 is 1. The zero-order chi connectivity index (χ0) is 14.3. The van der Waals surface area contributed by atoms with Crippen LogP contribution >= 0.6 is 0 Å². The molecule has 0 spiro atoms. The highest BCUT2D eigenvalue weighted by Gasteiger charge is 2.22. The third-order valence-electron chi connectivity index (χ3n) is 1.90. The van der Waals surface area contributed by atoms with Crippen molar-refractivity contribution in [1.29, 1.82) is 0 Å². The van der Waals surface area contributed by atoms with Crippen molar-refractivity contribution in [2.75, 3.05) is 7.11 Å². The Morgan fingerprint density at radius 3 is 2.11 bits per heavy atom. The van der Waals surface area contributed by atoms with Gasteiger partial charge in [-0.15, -0.1) is 0 Å². The minimum Gasteiger partial charge on any atom is -0.469 e. The molecule has 1 unspecified atom stereocenters. The summed E-state index contributed by atoms with van der Waals surface area (Å²) in [6.07, 6.45) is -0.651. The van der Waals surface area contributed by atoms with Gasteiger partial charge in [0.1, 0.15) is 11.4 Å². The molecule has 18 heavy (non-hydrogen) atoms. The van der Waals surface area contributed by atoms with Crippen molar-refractivity contribution in [1.82, 2.24) is 5.32 Å². The van der Waals surface area contributed by atoms with Crippen LogP contribution in [-0.2, 0) is 19.1 Å². The third kappa shape index (κ3) is 8.55. The fourth-order valence-electron chi connectivity index (χ4n) is 1.28. The second kappa shape index (κ2) is 6.98. The maximum absolute atomic E-state index is 11.5. The summed E-state index contributed by atoms with van der Waals surface area (Å²) in [6.45, 7) is 6.58. The van der Waals surface area contributed by atoms with Crippen molar-refractivity contribution in [2.45, 2.75) is 52.2 Å². The van der Waals surface area contributed by atoms with E-state index in [4.69, 9.17) is 4.74 Å². The van der Waals surface area contributed by atoms with E-state index >= 15 is 0 Å². The molecule has 0 saturated carbocycles. The largest absolute Gasteiger partial charge is 0.469 e. The first kappa shape index (κ1) is 16.4. The van der Waals surface area contributed by atoms with Crippen LogP contribution in [0.15, 0.2) is 0 Å². The fraction of sp³-hybridized carbons (Fsp3) is 0.750. The van der Waals surface area contributed by atoms with Crippen LogP contribution in [-0.4, -0.2) is 36.6 Å². The molecule has 0 fully saturated rings. The number of amides is 1. The number of carbonyl (C=O) groups excluding carboxylic acids is 3. The monoisotopic (exact) mass is 259 g/mol. The minimum absolute atomic E-state index is 0.0602. The Kier molecular flexibility index (Phi) is 6.36. The molecular weight excluding hydrogens is 238 g/mol. The van der Waals surface area contributed by atoms with E-state index in [-0.39, 0.29) is 18.6 Å². The van der Waals surface area contributed by atoms with Crippen LogP contribution in [0.1, 0.15) is 40.5 Å². The van der Waals surface area contributed by atoms with E-state index in [9.17, 15) is 14.4 Å². The third-order valence-corrected chi connectivity index (χ3v) is 1.90. The lowest BCUT2D eigenvalue weighted by atomic mass is 10.1. The minimum atomic E-state index is -0.655. The molecule has 0 aliphatic carbocycles. The molecule has 0 aromatic rings. The second-order valence-electron chi connectivity index (χ2n) is 5.03. The summed E-state index contributed by atoms with van der Waals surface area (Å²) in [5, 5.41) is 2.49. The van der Waals surface area contributed by atoms with Gasteiger partial charge in [0, 0.05) is 12.5 Å². The molecule has 1 N–H and O–H groups in total. The number of carbonyl (C=O) groups is 3. The first-order valence-corrected chi connectivity index (χ1v) is 5.70. The molecular formula is C12H21NO5. The normalized spacial score (nSPS) is 12.5. The van der Waals surface area contributed by atoms with E-state index in [1.807, 2.05) is 0 Å². The summed E-state index contributed by atoms with van der Waals surface area (Å²) in [4.78, 5) is 33.7. The molecule has 0 aromatic carbocycles. The van der Waals surface area contributed by atoms with Gasteiger partial charge in [-0.1, -0.05) is 0 Å². The predicted octanol–water partition coefficient (Wildman–Crippen LogP) is 1.42. The van der Waals surface area contributed by atoms with Crippen molar-refractivity contribution in [3.63, 3.8) is 0 Å². The summed E-state index contributed by atoms with van der Waals surface area (Å²) in [5.41, 5.74) is -0.629. The van der Waals surface area contributed by atoms with E-state index in [1.165, 1.54) is 14.0 Å². The molecule has 0 aliphatic rings. The van der Waals surface area contributed by atoms with E-state index < -0.39 is 23.7 Å². The summed E-state index contributed by atoms with van der Waals surface area (Å²) < 4.78 is 9.55. The van der Waals surface area contributed by atoms with E-state index in [0.717, 1.165) is 0 Å². The lowest BCUT2D eigenvalue weighted by Gasteiger charge is -2.22. The number of alkyl carbamates (subject to hydrolysis) is 1. The van der Waals surface area contributed by atoms with Gasteiger partial charge in [0.15, 0.2) is 0 Å². The van der Waals surface area contributed by atoms with Gasteiger partial charge >= 0.3 is 12.1 Å². The number of esters is 1. The number of Topliss-reactive ketones (excluding diaryl/α,β-unsaturated/α-hetero) is 1. The van der Waals surface area contributed by atoms with E-state index in [1.54, 1.807) is 20.8 Å². The zero-order valence-electron chi connectivity index (χ0n) is 11.5. The van der Waals surface area contributed by atoms with E-state index in [0.29, 0.717) is 0 Å². The molecule has 0 aliphatic heterocycles. The van der Waals surface area contributed by atoms with E-state index in [2.05, 4.69) is 10.1 Å². The molecule has 0 saturated heterocycles. The Labute approximate surface area is 107 Å². The average molecular weight is 259 g/mol. The number of rotatable bonds is 5. The van der Waals surface area contributed by atoms with Gasteiger partial charge in [0.2, 0.25) is 0 Å². The Morgan fingerprint density at radius 1 is 1.17 bits per heavy atom. The Hall–Kier alpha value is -1.59. The van der Waals surface area contributed by atoms with Gasteiger partial charge in [-0.05, 0) is 27.7 Å². The number of hydrogen-bond acceptors (Lipinski definition) is 5. The highest BCUT2D eigenvalue weighted by Crippen LogP contribution is 2.08. The molecule has 104 valence electrons. The van der Waals surface area contributed by atoms with Crippen LogP contribution < -0.4 is 5.32 Å². The second-order valence-corrected chi connectivity index (χ2v) is 5.03. The van der Waals surface area contributed by atoms with Crippen molar-refractivity contribution < 1.29 is 23.9 Å². The summed E-state index contributed by atoms with van der Waals surface area (Å²) in [5.74, 6) is -0.614. The quantitative estimate of drug-likeness (QED) is 0.755. The smallest absolute Gasteiger partial charge is 0.407 e. The SMILES string of the molecule is COC(=O)CC(CC(C)=O)NC(=O)OC(C)(C)C. The predicted molar refractivity (Wildman–Crippen MR) is 65.1 cm³/mol. The van der Waals surface area contributed by atoms with Crippen LogP contribution in [0.3, 0.4) is 0 Å².